The van der Waals surface area contributed by atoms with Crippen molar-refractivity contribution in [3.63, 3.8) is 0 Å². The van der Waals surface area contributed by atoms with E-state index in [1.807, 2.05) is 24.3 Å². The highest BCUT2D eigenvalue weighted by Crippen LogP contribution is 2.31. The number of amides is 2. The second-order valence-corrected chi connectivity index (χ2v) is 5.48. The molecule has 2 aromatic rings. The first-order chi connectivity index (χ1) is 11.7. The number of urea groups is 1. The summed E-state index contributed by atoms with van der Waals surface area (Å²) in [6, 6.07) is 7.40. The van der Waals surface area contributed by atoms with Crippen molar-refractivity contribution in [3.8, 4) is 17.1 Å². The van der Waals surface area contributed by atoms with Gasteiger partial charge >= 0.3 is 6.03 Å². The first-order valence-electron chi connectivity index (χ1n) is 7.71. The Hall–Kier alpha value is -2.61. The van der Waals surface area contributed by atoms with Crippen LogP contribution in [0.3, 0.4) is 0 Å². The number of carbonyl (C=O) groups excluding carboxylic acids is 1. The number of carbonyl (C=O) groups is 1. The van der Waals surface area contributed by atoms with E-state index in [-0.39, 0.29) is 11.9 Å². The molecule has 2 heterocycles. The third-order valence-corrected chi connectivity index (χ3v) is 3.89. The van der Waals surface area contributed by atoms with Gasteiger partial charge < -0.3 is 24.2 Å². The van der Waals surface area contributed by atoms with Gasteiger partial charge in [-0.2, -0.15) is 4.98 Å². The Morgan fingerprint density at radius 3 is 2.92 bits per heavy atom. The molecule has 1 aliphatic heterocycles. The van der Waals surface area contributed by atoms with Gasteiger partial charge in [-0.1, -0.05) is 17.3 Å². The lowest BCUT2D eigenvalue weighted by molar-refractivity contribution is 0.132. The predicted octanol–water partition coefficient (Wildman–Crippen LogP) is 1.50. The lowest BCUT2D eigenvalue weighted by Gasteiger charge is -2.36. The van der Waals surface area contributed by atoms with Crippen LogP contribution in [-0.2, 0) is 4.74 Å². The fourth-order valence-electron chi connectivity index (χ4n) is 2.51. The average molecular weight is 332 g/mol. The molecule has 0 atom stereocenters. The monoisotopic (exact) mass is 332 g/mol. The van der Waals surface area contributed by atoms with Crippen molar-refractivity contribution in [2.24, 2.45) is 0 Å². The zero-order valence-electron chi connectivity index (χ0n) is 13.7. The van der Waals surface area contributed by atoms with Gasteiger partial charge in [-0.05, 0) is 12.1 Å². The molecule has 0 radical (unpaired) electrons. The smallest absolute Gasteiger partial charge is 0.317 e. The van der Waals surface area contributed by atoms with E-state index in [9.17, 15) is 4.79 Å². The standard InChI is InChI=1S/C16H20N4O4/c1-22-8-7-17-16(21)20-9-11(10-20)15-18-14(19-24-15)12-5-3-4-6-13(12)23-2/h3-6,11H,7-10H2,1-2H3,(H,17,21). The Balaban J connectivity index is 1.59. The molecule has 0 aliphatic carbocycles. The van der Waals surface area contributed by atoms with E-state index in [1.54, 1.807) is 19.1 Å². The van der Waals surface area contributed by atoms with Crippen LogP contribution in [0.25, 0.3) is 11.4 Å². The van der Waals surface area contributed by atoms with Crippen LogP contribution in [0.15, 0.2) is 28.8 Å². The molecular weight excluding hydrogens is 312 g/mol. The van der Waals surface area contributed by atoms with Crippen molar-refractivity contribution in [1.82, 2.24) is 20.4 Å². The van der Waals surface area contributed by atoms with Crippen LogP contribution in [0.2, 0.25) is 0 Å². The zero-order valence-corrected chi connectivity index (χ0v) is 13.7. The van der Waals surface area contributed by atoms with Crippen LogP contribution in [0.1, 0.15) is 11.8 Å². The van der Waals surface area contributed by atoms with Gasteiger partial charge in [0.05, 0.1) is 25.2 Å². The number of likely N-dealkylation sites (tertiary alicyclic amines) is 1. The minimum Gasteiger partial charge on any atom is -0.496 e. The highest BCUT2D eigenvalue weighted by molar-refractivity contribution is 5.75. The summed E-state index contributed by atoms with van der Waals surface area (Å²) < 4.78 is 15.6. The third-order valence-electron chi connectivity index (χ3n) is 3.89. The van der Waals surface area contributed by atoms with Crippen molar-refractivity contribution in [2.75, 3.05) is 40.5 Å². The van der Waals surface area contributed by atoms with Crippen LogP contribution < -0.4 is 10.1 Å². The summed E-state index contributed by atoms with van der Waals surface area (Å²) in [5.74, 6) is 1.79. The molecule has 1 aliphatic rings. The van der Waals surface area contributed by atoms with Gasteiger partial charge in [-0.3, -0.25) is 0 Å². The molecule has 0 spiro atoms. The first-order valence-corrected chi connectivity index (χ1v) is 7.71. The summed E-state index contributed by atoms with van der Waals surface area (Å²) in [4.78, 5) is 18.0. The van der Waals surface area contributed by atoms with Crippen LogP contribution in [0.5, 0.6) is 5.75 Å². The number of rotatable bonds is 6. The molecule has 128 valence electrons. The van der Waals surface area contributed by atoms with E-state index < -0.39 is 0 Å². The summed E-state index contributed by atoms with van der Waals surface area (Å²) in [6.45, 7) is 2.11. The van der Waals surface area contributed by atoms with Crippen molar-refractivity contribution in [1.29, 1.82) is 0 Å². The maximum absolute atomic E-state index is 11.9. The van der Waals surface area contributed by atoms with E-state index in [2.05, 4.69) is 15.5 Å². The summed E-state index contributed by atoms with van der Waals surface area (Å²) in [7, 11) is 3.20. The predicted molar refractivity (Wildman–Crippen MR) is 85.9 cm³/mol. The molecule has 0 unspecified atom stereocenters. The number of benzene rings is 1. The van der Waals surface area contributed by atoms with Crippen molar-refractivity contribution >= 4 is 6.03 Å². The molecule has 0 saturated carbocycles. The quantitative estimate of drug-likeness (QED) is 0.806. The lowest BCUT2D eigenvalue weighted by Crippen LogP contribution is -2.53. The van der Waals surface area contributed by atoms with Crippen LogP contribution in [0, 0.1) is 0 Å². The number of aromatic nitrogens is 2. The summed E-state index contributed by atoms with van der Waals surface area (Å²) in [5.41, 5.74) is 0.781. The van der Waals surface area contributed by atoms with Gasteiger partial charge in [0.1, 0.15) is 5.75 Å². The highest BCUT2D eigenvalue weighted by Gasteiger charge is 2.35. The molecule has 3 rings (SSSR count). The molecule has 1 fully saturated rings. The molecule has 1 saturated heterocycles. The van der Waals surface area contributed by atoms with E-state index in [4.69, 9.17) is 14.0 Å². The van der Waals surface area contributed by atoms with Crippen LogP contribution in [0.4, 0.5) is 4.79 Å². The Morgan fingerprint density at radius 2 is 2.17 bits per heavy atom. The lowest BCUT2D eigenvalue weighted by atomic mass is 10.0. The van der Waals surface area contributed by atoms with Gasteiger partial charge in [0, 0.05) is 26.7 Å². The molecule has 1 aromatic heterocycles. The molecule has 8 heteroatoms. The molecule has 2 amide bonds. The van der Waals surface area contributed by atoms with Gasteiger partial charge in [-0.15, -0.1) is 0 Å². The molecule has 1 N–H and O–H groups in total. The molecule has 1 aromatic carbocycles. The number of methoxy groups -OCH3 is 2. The molecular formula is C16H20N4O4. The minimum absolute atomic E-state index is 0.0640. The summed E-state index contributed by atoms with van der Waals surface area (Å²) in [6.07, 6.45) is 0. The molecule has 0 bridgehead atoms. The van der Waals surface area contributed by atoms with Gasteiger partial charge in [-0.25, -0.2) is 4.79 Å². The Bertz CT molecular complexity index is 697. The largest absolute Gasteiger partial charge is 0.496 e. The fraction of sp³-hybridized carbons (Fsp3) is 0.438. The van der Waals surface area contributed by atoms with Crippen molar-refractivity contribution < 1.29 is 18.8 Å². The van der Waals surface area contributed by atoms with Crippen molar-refractivity contribution in [2.45, 2.75) is 5.92 Å². The maximum atomic E-state index is 11.9. The summed E-state index contributed by atoms with van der Waals surface area (Å²) >= 11 is 0. The van der Waals surface area contributed by atoms with Crippen molar-refractivity contribution in [3.05, 3.63) is 30.2 Å². The normalized spacial score (nSPS) is 14.3. The Kier molecular flexibility index (Phi) is 4.95. The first kappa shape index (κ1) is 16.3. The average Bonchev–Trinajstić information content (AvgIpc) is 3.03. The summed E-state index contributed by atoms with van der Waals surface area (Å²) in [5, 5.41) is 6.81. The number of hydrogen-bond donors (Lipinski definition) is 1. The van der Waals surface area contributed by atoms with E-state index in [0.29, 0.717) is 43.7 Å². The van der Waals surface area contributed by atoms with Crippen LogP contribution in [-0.4, -0.2) is 61.5 Å². The number of nitrogens with one attached hydrogen (secondary N) is 1. The Labute approximate surface area is 139 Å². The fourth-order valence-corrected chi connectivity index (χ4v) is 2.51. The third kappa shape index (κ3) is 3.33. The van der Waals surface area contributed by atoms with Gasteiger partial charge in [0.15, 0.2) is 0 Å². The highest BCUT2D eigenvalue weighted by atomic mass is 16.5. The van der Waals surface area contributed by atoms with E-state index >= 15 is 0 Å². The van der Waals surface area contributed by atoms with Crippen LogP contribution >= 0.6 is 0 Å². The zero-order chi connectivity index (χ0) is 16.9. The molecule has 8 nitrogen and oxygen atoms in total. The van der Waals surface area contributed by atoms with Gasteiger partial charge in [0.25, 0.3) is 0 Å². The number of ether oxygens (including phenoxy) is 2. The Morgan fingerprint density at radius 1 is 1.38 bits per heavy atom. The number of para-hydroxylation sites is 1. The SMILES string of the molecule is COCCNC(=O)N1CC(c2nc(-c3ccccc3OC)no2)C1. The second kappa shape index (κ2) is 7.31. The maximum Gasteiger partial charge on any atom is 0.317 e. The molecule has 24 heavy (non-hydrogen) atoms. The second-order valence-electron chi connectivity index (χ2n) is 5.48. The van der Waals surface area contributed by atoms with E-state index in [0.717, 1.165) is 5.56 Å². The topological polar surface area (TPSA) is 89.7 Å². The van der Waals surface area contributed by atoms with E-state index in [1.165, 1.54) is 0 Å². The number of hydrogen-bond acceptors (Lipinski definition) is 6. The number of nitrogens with zero attached hydrogens (tertiary/aromatic N) is 3. The van der Waals surface area contributed by atoms with Gasteiger partial charge in [0.2, 0.25) is 11.7 Å². The minimum atomic E-state index is -0.104.